The number of hydrogen-bond donors (Lipinski definition) is 1. The third-order valence-corrected chi connectivity index (χ3v) is 3.27. The molecule has 15 heavy (non-hydrogen) atoms. The monoisotopic (exact) mass is 225 g/mol. The maximum Gasteiger partial charge on any atom is 0.130 e. The second kappa shape index (κ2) is 4.81. The number of nitrogens with zero attached hydrogens (tertiary/aromatic N) is 2. The van der Waals surface area contributed by atoms with E-state index in [1.54, 1.807) is 25.2 Å². The van der Waals surface area contributed by atoms with Crippen molar-refractivity contribution in [2.45, 2.75) is 30.0 Å². The molecule has 1 aromatic rings. The number of methoxy groups -OCH3 is 1. The third-order valence-electron chi connectivity index (χ3n) is 2.63. The maximum absolute atomic E-state index is 5.22. The molecule has 1 aromatic heterocycles. The van der Waals surface area contributed by atoms with Gasteiger partial charge in [0.25, 0.3) is 0 Å². The molecule has 0 unspecified atom stereocenters. The fraction of sp³-hybridized carbons (Fsp3) is 0.600. The molecule has 1 aliphatic carbocycles. The van der Waals surface area contributed by atoms with Crippen molar-refractivity contribution >= 4 is 17.6 Å². The van der Waals surface area contributed by atoms with Crippen LogP contribution in [0.2, 0.25) is 0 Å². The predicted octanol–water partition coefficient (Wildman–Crippen LogP) is 1.79. The van der Waals surface area contributed by atoms with E-state index in [1.165, 1.54) is 0 Å². The molecular formula is C10H15N3OS. The summed E-state index contributed by atoms with van der Waals surface area (Å²) in [4.78, 5) is 8.31. The van der Waals surface area contributed by atoms with Crippen molar-refractivity contribution < 1.29 is 4.74 Å². The highest BCUT2D eigenvalue weighted by Crippen LogP contribution is 2.26. The zero-order valence-electron chi connectivity index (χ0n) is 8.93. The van der Waals surface area contributed by atoms with Gasteiger partial charge in [-0.2, -0.15) is 0 Å². The van der Waals surface area contributed by atoms with Gasteiger partial charge in [0.2, 0.25) is 0 Å². The Morgan fingerprint density at radius 3 is 2.93 bits per heavy atom. The van der Waals surface area contributed by atoms with Crippen LogP contribution in [0.3, 0.4) is 0 Å². The zero-order chi connectivity index (χ0) is 10.7. The summed E-state index contributed by atoms with van der Waals surface area (Å²) in [5.41, 5.74) is 0. The molecule has 1 N–H and O–H groups in total. The van der Waals surface area contributed by atoms with Gasteiger partial charge >= 0.3 is 0 Å². The van der Waals surface area contributed by atoms with E-state index in [0.29, 0.717) is 12.1 Å². The van der Waals surface area contributed by atoms with Crippen LogP contribution in [0.1, 0.15) is 12.8 Å². The lowest BCUT2D eigenvalue weighted by Gasteiger charge is -2.34. The molecular weight excluding hydrogens is 210 g/mol. The Hall–Kier alpha value is -0.810. The summed E-state index contributed by atoms with van der Waals surface area (Å²) < 4.78 is 5.22. The number of anilines is 1. The maximum atomic E-state index is 5.22. The van der Waals surface area contributed by atoms with Gasteiger partial charge in [-0.3, -0.25) is 0 Å². The van der Waals surface area contributed by atoms with Gasteiger partial charge in [-0.05, 0) is 19.1 Å². The molecule has 82 valence electrons. The number of thioether (sulfide) groups is 1. The highest BCUT2D eigenvalue weighted by atomic mass is 32.2. The van der Waals surface area contributed by atoms with Crippen LogP contribution < -0.4 is 5.32 Å². The molecule has 0 amide bonds. The van der Waals surface area contributed by atoms with Crippen LogP contribution in [-0.4, -0.2) is 35.5 Å². The molecule has 4 nitrogen and oxygen atoms in total. The van der Waals surface area contributed by atoms with E-state index < -0.39 is 0 Å². The minimum absolute atomic E-state index is 0.421. The molecule has 2 rings (SSSR count). The molecule has 1 saturated carbocycles. The van der Waals surface area contributed by atoms with Crippen LogP contribution in [0.5, 0.6) is 0 Å². The topological polar surface area (TPSA) is 47.0 Å². The Labute approximate surface area is 93.8 Å². The first kappa shape index (κ1) is 10.7. The number of ether oxygens (including phenoxy) is 1. The van der Waals surface area contributed by atoms with Gasteiger partial charge in [-0.1, -0.05) is 0 Å². The van der Waals surface area contributed by atoms with Crippen LogP contribution in [0, 0.1) is 0 Å². The minimum atomic E-state index is 0.421. The summed E-state index contributed by atoms with van der Waals surface area (Å²) in [5, 5.41) is 4.37. The zero-order valence-corrected chi connectivity index (χ0v) is 9.75. The summed E-state index contributed by atoms with van der Waals surface area (Å²) in [6.07, 6.45) is 6.16. The lowest BCUT2D eigenvalue weighted by Crippen LogP contribution is -2.40. The molecule has 0 bridgehead atoms. The Morgan fingerprint density at radius 1 is 1.47 bits per heavy atom. The van der Waals surface area contributed by atoms with Gasteiger partial charge in [-0.25, -0.2) is 9.97 Å². The van der Waals surface area contributed by atoms with Crippen molar-refractivity contribution in [2.75, 3.05) is 18.7 Å². The van der Waals surface area contributed by atoms with E-state index in [9.17, 15) is 0 Å². The van der Waals surface area contributed by atoms with Gasteiger partial charge < -0.3 is 10.1 Å². The van der Waals surface area contributed by atoms with E-state index in [1.807, 2.05) is 12.3 Å². The van der Waals surface area contributed by atoms with E-state index in [0.717, 1.165) is 23.7 Å². The largest absolute Gasteiger partial charge is 0.381 e. The number of hydrogen-bond acceptors (Lipinski definition) is 5. The van der Waals surface area contributed by atoms with Crippen molar-refractivity contribution in [1.29, 1.82) is 0 Å². The Morgan fingerprint density at radius 2 is 2.27 bits per heavy atom. The lowest BCUT2D eigenvalue weighted by atomic mass is 9.89. The van der Waals surface area contributed by atoms with E-state index in [-0.39, 0.29) is 0 Å². The first-order valence-corrected chi connectivity index (χ1v) is 6.19. The molecule has 0 saturated heterocycles. The normalized spacial score (nSPS) is 24.7. The van der Waals surface area contributed by atoms with Crippen LogP contribution in [0.4, 0.5) is 5.82 Å². The Kier molecular flexibility index (Phi) is 3.43. The van der Waals surface area contributed by atoms with Crippen LogP contribution in [0.25, 0.3) is 0 Å². The molecule has 1 fully saturated rings. The highest BCUT2D eigenvalue weighted by molar-refractivity contribution is 7.98. The SMILES string of the molecule is COC1CC(Nc2cc(SC)ncn2)C1. The summed E-state index contributed by atoms with van der Waals surface area (Å²) in [7, 11) is 1.76. The first-order valence-electron chi connectivity index (χ1n) is 4.97. The predicted molar refractivity (Wildman–Crippen MR) is 61.3 cm³/mol. The summed E-state index contributed by atoms with van der Waals surface area (Å²) >= 11 is 1.62. The smallest absolute Gasteiger partial charge is 0.130 e. The van der Waals surface area contributed by atoms with E-state index in [2.05, 4.69) is 15.3 Å². The molecule has 0 spiro atoms. The fourth-order valence-electron chi connectivity index (χ4n) is 1.62. The molecule has 0 aliphatic heterocycles. The Bertz CT molecular complexity index is 328. The second-order valence-corrected chi connectivity index (χ2v) is 4.44. The summed E-state index contributed by atoms with van der Waals surface area (Å²) in [5.74, 6) is 0.911. The third kappa shape index (κ3) is 2.60. The lowest BCUT2D eigenvalue weighted by molar-refractivity contribution is 0.0328. The average Bonchev–Trinajstić information content (AvgIpc) is 2.23. The van der Waals surface area contributed by atoms with Crippen LogP contribution in [0.15, 0.2) is 17.4 Å². The van der Waals surface area contributed by atoms with Crippen LogP contribution >= 0.6 is 11.8 Å². The first-order chi connectivity index (χ1) is 7.31. The quantitative estimate of drug-likeness (QED) is 0.625. The van der Waals surface area contributed by atoms with Crippen molar-refractivity contribution in [3.63, 3.8) is 0 Å². The number of nitrogens with one attached hydrogen (secondary N) is 1. The van der Waals surface area contributed by atoms with E-state index >= 15 is 0 Å². The molecule has 1 aliphatic rings. The average molecular weight is 225 g/mol. The van der Waals surface area contributed by atoms with Gasteiger partial charge in [0, 0.05) is 19.2 Å². The molecule has 1 heterocycles. The summed E-state index contributed by atoms with van der Waals surface area (Å²) in [6.45, 7) is 0. The standard InChI is InChI=1S/C10H15N3OS/c1-14-8-3-7(4-8)13-9-5-10(15-2)12-6-11-9/h5-8H,3-4H2,1-2H3,(H,11,12,13). The van der Waals surface area contributed by atoms with Crippen molar-refractivity contribution in [3.8, 4) is 0 Å². The number of rotatable bonds is 4. The fourth-order valence-corrected chi connectivity index (χ4v) is 2.00. The van der Waals surface area contributed by atoms with Gasteiger partial charge in [-0.15, -0.1) is 11.8 Å². The molecule has 0 atom stereocenters. The molecule has 0 aromatic carbocycles. The van der Waals surface area contributed by atoms with Crippen molar-refractivity contribution in [3.05, 3.63) is 12.4 Å². The molecule has 0 radical (unpaired) electrons. The highest BCUT2D eigenvalue weighted by Gasteiger charge is 2.28. The molecule has 5 heteroatoms. The summed E-state index contributed by atoms with van der Waals surface area (Å²) in [6, 6.07) is 2.48. The van der Waals surface area contributed by atoms with Gasteiger partial charge in [0.05, 0.1) is 6.10 Å². The van der Waals surface area contributed by atoms with Crippen molar-refractivity contribution in [1.82, 2.24) is 9.97 Å². The Balaban J connectivity index is 1.88. The van der Waals surface area contributed by atoms with E-state index in [4.69, 9.17) is 4.74 Å². The minimum Gasteiger partial charge on any atom is -0.381 e. The van der Waals surface area contributed by atoms with Gasteiger partial charge in [0.1, 0.15) is 17.2 Å². The van der Waals surface area contributed by atoms with Gasteiger partial charge in [0.15, 0.2) is 0 Å². The van der Waals surface area contributed by atoms with Crippen LogP contribution in [-0.2, 0) is 4.74 Å². The van der Waals surface area contributed by atoms with Crippen molar-refractivity contribution in [2.24, 2.45) is 0 Å². The second-order valence-electron chi connectivity index (χ2n) is 3.62. The number of aromatic nitrogens is 2.